The summed E-state index contributed by atoms with van der Waals surface area (Å²) in [5, 5.41) is 11.6. The number of carboxylic acid groups (broad SMARTS) is 1. The second-order valence-corrected chi connectivity index (χ2v) is 6.11. The van der Waals surface area contributed by atoms with E-state index in [1.807, 2.05) is 6.92 Å². The number of aromatic amines is 1. The van der Waals surface area contributed by atoms with Gasteiger partial charge in [0.15, 0.2) is 0 Å². The molecular weight excluding hydrogens is 286 g/mol. The monoisotopic (exact) mass is 305 g/mol. The third-order valence-corrected chi connectivity index (χ3v) is 4.63. The second kappa shape index (κ2) is 5.15. The number of hydrogen-bond acceptors (Lipinski definition) is 3. The molecule has 0 spiro atoms. The van der Waals surface area contributed by atoms with Gasteiger partial charge >= 0.3 is 6.09 Å². The first-order valence-corrected chi connectivity index (χ1v) is 7.42. The number of nitrogens with one attached hydrogen (secondary N) is 2. The summed E-state index contributed by atoms with van der Waals surface area (Å²) in [5.74, 6) is 0.0435. The molecule has 118 valence electrons. The number of H-pyrrole nitrogens is 1. The summed E-state index contributed by atoms with van der Waals surface area (Å²) in [5.41, 5.74) is 0.483. The van der Waals surface area contributed by atoms with Crippen LogP contribution in [0, 0.1) is 11.8 Å². The Labute approximate surface area is 127 Å². The molecule has 3 atom stereocenters. The fourth-order valence-corrected chi connectivity index (χ4v) is 3.64. The largest absolute Gasteiger partial charge is 0.465 e. The Hall–Kier alpha value is -2.31. The molecule has 1 saturated carbocycles. The molecule has 2 aliphatic rings. The van der Waals surface area contributed by atoms with E-state index in [1.165, 1.54) is 13.1 Å². The van der Waals surface area contributed by atoms with Crippen molar-refractivity contribution in [2.75, 3.05) is 4.90 Å². The van der Waals surface area contributed by atoms with Crippen LogP contribution in [-0.4, -0.2) is 28.1 Å². The molecule has 2 heterocycles. The lowest BCUT2D eigenvalue weighted by Gasteiger charge is -2.44. The molecule has 7 heteroatoms. The lowest BCUT2D eigenvalue weighted by atomic mass is 9.80. The zero-order valence-corrected chi connectivity index (χ0v) is 12.5. The smallest absolute Gasteiger partial charge is 0.405 e. The number of pyridine rings is 1. The highest BCUT2D eigenvalue weighted by molar-refractivity contribution is 5.94. The average Bonchev–Trinajstić information content (AvgIpc) is 3.25. The normalized spacial score (nSPS) is 27.2. The lowest BCUT2D eigenvalue weighted by molar-refractivity contribution is -0.117. The molecule has 0 unspecified atom stereocenters. The van der Waals surface area contributed by atoms with Crippen molar-refractivity contribution in [3.63, 3.8) is 0 Å². The highest BCUT2D eigenvalue weighted by Crippen LogP contribution is 2.47. The Balaban J connectivity index is 2.18. The quantitative estimate of drug-likeness (QED) is 0.769. The van der Waals surface area contributed by atoms with Crippen LogP contribution in [0.5, 0.6) is 0 Å². The number of anilines is 1. The molecule has 1 aromatic heterocycles. The summed E-state index contributed by atoms with van der Waals surface area (Å²) >= 11 is 0. The maximum absolute atomic E-state index is 12.3. The molecule has 1 aliphatic carbocycles. The highest BCUT2D eigenvalue weighted by Gasteiger charge is 2.48. The molecule has 1 fully saturated rings. The van der Waals surface area contributed by atoms with E-state index in [-0.39, 0.29) is 29.1 Å². The van der Waals surface area contributed by atoms with Gasteiger partial charge in [-0.2, -0.15) is 0 Å². The van der Waals surface area contributed by atoms with Gasteiger partial charge in [0.1, 0.15) is 5.69 Å². The Kier molecular flexibility index (Phi) is 3.42. The number of nitrogens with zero attached hydrogens (tertiary/aromatic N) is 1. The number of carbonyl (C=O) groups excluding carboxylic acids is 1. The van der Waals surface area contributed by atoms with Crippen LogP contribution in [0.25, 0.3) is 0 Å². The molecule has 1 aliphatic heterocycles. The van der Waals surface area contributed by atoms with Gasteiger partial charge in [-0.15, -0.1) is 0 Å². The maximum Gasteiger partial charge on any atom is 0.405 e. The van der Waals surface area contributed by atoms with Crippen molar-refractivity contribution in [3.05, 3.63) is 28.2 Å². The zero-order chi connectivity index (χ0) is 16.0. The summed E-state index contributed by atoms with van der Waals surface area (Å²) in [6.07, 6.45) is 2.35. The molecule has 1 aromatic rings. The van der Waals surface area contributed by atoms with Crippen LogP contribution in [0.2, 0.25) is 0 Å². The third-order valence-electron chi connectivity index (χ3n) is 4.63. The molecule has 0 radical (unpaired) electrons. The molecule has 0 aromatic carbocycles. The molecule has 7 nitrogen and oxygen atoms in total. The van der Waals surface area contributed by atoms with Crippen molar-refractivity contribution in [2.24, 2.45) is 11.8 Å². The Bertz CT molecular complexity index is 680. The van der Waals surface area contributed by atoms with Crippen LogP contribution in [-0.2, 0) is 4.79 Å². The van der Waals surface area contributed by atoms with E-state index in [2.05, 4.69) is 10.3 Å². The topological polar surface area (TPSA) is 103 Å². The van der Waals surface area contributed by atoms with E-state index >= 15 is 0 Å². The molecular formula is C15H19N3O4. The van der Waals surface area contributed by atoms with Crippen LogP contribution in [0.15, 0.2) is 17.1 Å². The summed E-state index contributed by atoms with van der Waals surface area (Å²) in [7, 11) is 0. The van der Waals surface area contributed by atoms with E-state index in [1.54, 1.807) is 11.0 Å². The second-order valence-electron chi connectivity index (χ2n) is 6.11. The first kappa shape index (κ1) is 14.6. The van der Waals surface area contributed by atoms with Gasteiger partial charge in [0.25, 0.3) is 5.56 Å². The van der Waals surface area contributed by atoms with Gasteiger partial charge in [-0.3, -0.25) is 9.59 Å². The lowest BCUT2D eigenvalue weighted by Crippen LogP contribution is -2.54. The first-order valence-electron chi connectivity index (χ1n) is 7.42. The molecule has 0 saturated heterocycles. The van der Waals surface area contributed by atoms with Crippen LogP contribution in [0.1, 0.15) is 38.3 Å². The fourth-order valence-electron chi connectivity index (χ4n) is 3.64. The van der Waals surface area contributed by atoms with Crippen LogP contribution in [0.3, 0.4) is 0 Å². The third kappa shape index (κ3) is 2.26. The maximum atomic E-state index is 12.3. The summed E-state index contributed by atoms with van der Waals surface area (Å²) in [4.78, 5) is 39.7. The molecule has 22 heavy (non-hydrogen) atoms. The standard InChI is InChI=1S/C15H19N3O4/c1-7-11(17-15(21)22)10-5-6-16-14(20)13(10)18(8(2)19)12(7)9-3-4-9/h5-7,9,11-12,17H,3-4H2,1-2H3,(H,16,20)(H,21,22)/t7-,11-,12+/m1/s1. The fraction of sp³-hybridized carbons (Fsp3) is 0.533. The van der Waals surface area contributed by atoms with Gasteiger partial charge < -0.3 is 20.3 Å². The van der Waals surface area contributed by atoms with Gasteiger partial charge in [-0.1, -0.05) is 6.92 Å². The molecule has 3 rings (SSSR count). The minimum atomic E-state index is -1.13. The van der Waals surface area contributed by atoms with E-state index < -0.39 is 12.1 Å². The first-order chi connectivity index (χ1) is 10.4. The van der Waals surface area contributed by atoms with Crippen molar-refractivity contribution < 1.29 is 14.7 Å². The Morgan fingerprint density at radius 1 is 1.41 bits per heavy atom. The summed E-state index contributed by atoms with van der Waals surface area (Å²) in [6, 6.07) is 1.04. The zero-order valence-electron chi connectivity index (χ0n) is 12.5. The van der Waals surface area contributed by atoms with Crippen LogP contribution in [0.4, 0.5) is 10.5 Å². The van der Waals surface area contributed by atoms with Crippen molar-refractivity contribution in [2.45, 2.75) is 38.8 Å². The predicted octanol–water partition coefficient (Wildman–Crippen LogP) is 1.46. The van der Waals surface area contributed by atoms with E-state index in [0.717, 1.165) is 12.8 Å². The number of rotatable bonds is 2. The van der Waals surface area contributed by atoms with Gasteiger partial charge in [0.05, 0.1) is 6.04 Å². The number of carbonyl (C=O) groups is 2. The van der Waals surface area contributed by atoms with E-state index in [4.69, 9.17) is 5.11 Å². The predicted molar refractivity (Wildman–Crippen MR) is 79.8 cm³/mol. The number of hydrogen-bond donors (Lipinski definition) is 3. The SMILES string of the molecule is CC(=O)N1c2c(cc[nH]c2=O)[C@H](NC(=O)O)[C@@H](C)[C@H]1C1CC1. The van der Waals surface area contributed by atoms with Crippen LogP contribution >= 0.6 is 0 Å². The summed E-state index contributed by atoms with van der Waals surface area (Å²) in [6.45, 7) is 3.38. The molecule has 0 bridgehead atoms. The van der Waals surface area contributed by atoms with Gasteiger partial charge in [-0.05, 0) is 24.8 Å². The number of fused-ring (bicyclic) bond motifs is 1. The number of aromatic nitrogens is 1. The molecule has 3 N–H and O–H groups in total. The van der Waals surface area contributed by atoms with Gasteiger partial charge in [0, 0.05) is 30.6 Å². The van der Waals surface area contributed by atoms with Gasteiger partial charge in [-0.25, -0.2) is 4.79 Å². The van der Waals surface area contributed by atoms with Crippen LogP contribution < -0.4 is 15.8 Å². The van der Waals surface area contributed by atoms with E-state index in [9.17, 15) is 14.4 Å². The minimum Gasteiger partial charge on any atom is -0.465 e. The minimum absolute atomic E-state index is 0.0956. The molecule has 2 amide bonds. The van der Waals surface area contributed by atoms with Crippen molar-refractivity contribution in [1.29, 1.82) is 0 Å². The summed E-state index contributed by atoms with van der Waals surface area (Å²) < 4.78 is 0. The van der Waals surface area contributed by atoms with Crippen molar-refractivity contribution in [3.8, 4) is 0 Å². The van der Waals surface area contributed by atoms with Gasteiger partial charge in [0.2, 0.25) is 5.91 Å². The van der Waals surface area contributed by atoms with Crippen molar-refractivity contribution in [1.82, 2.24) is 10.3 Å². The highest BCUT2D eigenvalue weighted by atomic mass is 16.4. The van der Waals surface area contributed by atoms with Crippen molar-refractivity contribution >= 4 is 17.7 Å². The Morgan fingerprint density at radius 3 is 2.64 bits per heavy atom. The average molecular weight is 305 g/mol. The number of amides is 2. The van der Waals surface area contributed by atoms with E-state index in [0.29, 0.717) is 11.5 Å². The Morgan fingerprint density at radius 2 is 2.09 bits per heavy atom.